The number of aliphatic hydroxyl groups excluding tert-OH is 1. The lowest BCUT2D eigenvalue weighted by Crippen LogP contribution is -2.70. The molecule has 2 bridgehead atoms. The Morgan fingerprint density at radius 3 is 2.50 bits per heavy atom. The quantitative estimate of drug-likeness (QED) is 0.187. The third-order valence-corrected chi connectivity index (χ3v) is 8.89. The SMILES string of the molecule is C/C=C\C(C)=NC(O)NC(CCC(C)CC(=O)OC(C)(C)C)B1OC2(C)CC3CC(C3(C)C)C2(C)O1. The highest BCUT2D eigenvalue weighted by Crippen LogP contribution is 2.69. The molecule has 36 heavy (non-hydrogen) atoms. The van der Waals surface area contributed by atoms with Gasteiger partial charge in [0, 0.05) is 18.1 Å². The standard InChI is InChI=1S/C28H49BN2O5/c1-11-12-19(3)30-24(33)31-22(14-13-18(2)15-23(32)34-25(4,5)6)29-35-27(9)17-20-16-21(26(20,7)8)28(27,10)36-29/h11-12,18,20-22,24,31,33H,13-17H2,1-10H3/b12-11-,30-19?. The van der Waals surface area contributed by atoms with Gasteiger partial charge in [-0.1, -0.05) is 26.8 Å². The second-order valence-electron chi connectivity index (χ2n) is 13.3. The molecule has 0 radical (unpaired) electrons. The zero-order valence-electron chi connectivity index (χ0n) is 24.2. The minimum atomic E-state index is -1.08. The van der Waals surface area contributed by atoms with E-state index in [-0.39, 0.29) is 34.4 Å². The Kier molecular flexibility index (Phi) is 8.57. The Morgan fingerprint density at radius 1 is 1.25 bits per heavy atom. The molecule has 4 rings (SSSR count). The van der Waals surface area contributed by atoms with E-state index < -0.39 is 19.1 Å². The zero-order chi connectivity index (χ0) is 27.1. The lowest BCUT2D eigenvalue weighted by atomic mass is 9.41. The third-order valence-electron chi connectivity index (χ3n) is 8.89. The summed E-state index contributed by atoms with van der Waals surface area (Å²) in [7, 11) is -0.504. The van der Waals surface area contributed by atoms with Crippen molar-refractivity contribution in [3.8, 4) is 0 Å². The summed E-state index contributed by atoms with van der Waals surface area (Å²) in [6.07, 6.45) is 6.62. The summed E-state index contributed by atoms with van der Waals surface area (Å²) in [5.41, 5.74) is -0.261. The molecule has 7 atom stereocenters. The Bertz CT molecular complexity index is 868. The second-order valence-corrected chi connectivity index (χ2v) is 13.3. The molecule has 1 saturated heterocycles. The summed E-state index contributed by atoms with van der Waals surface area (Å²) in [4.78, 5) is 16.7. The second kappa shape index (κ2) is 10.5. The van der Waals surface area contributed by atoms with Gasteiger partial charge in [-0.05, 0) is 103 Å². The number of aliphatic imine (C=N–C) groups is 1. The Morgan fingerprint density at radius 2 is 1.92 bits per heavy atom. The van der Waals surface area contributed by atoms with Crippen LogP contribution in [0.5, 0.6) is 0 Å². The molecule has 2 N–H and O–H groups in total. The monoisotopic (exact) mass is 504 g/mol. The minimum Gasteiger partial charge on any atom is -0.460 e. The number of nitrogens with zero attached hydrogens (tertiary/aromatic N) is 1. The molecule has 3 saturated carbocycles. The molecule has 4 aliphatic rings. The van der Waals surface area contributed by atoms with Gasteiger partial charge in [-0.15, -0.1) is 0 Å². The van der Waals surface area contributed by atoms with Gasteiger partial charge in [0.15, 0.2) is 0 Å². The number of ether oxygens (including phenoxy) is 1. The van der Waals surface area contributed by atoms with Crippen LogP contribution in [0.25, 0.3) is 0 Å². The van der Waals surface area contributed by atoms with Crippen LogP contribution >= 0.6 is 0 Å². The van der Waals surface area contributed by atoms with E-state index in [4.69, 9.17) is 14.0 Å². The highest BCUT2D eigenvalue weighted by molar-refractivity contribution is 6.47. The molecule has 7 nitrogen and oxygen atoms in total. The predicted octanol–water partition coefficient (Wildman–Crippen LogP) is 5.06. The summed E-state index contributed by atoms with van der Waals surface area (Å²) >= 11 is 0. The normalized spacial score (nSPS) is 34.2. The average Bonchev–Trinajstić information content (AvgIpc) is 3.00. The molecular formula is C28H49BN2O5. The summed E-state index contributed by atoms with van der Waals surface area (Å²) in [5.74, 6) is 0.735. The van der Waals surface area contributed by atoms with E-state index in [0.717, 1.165) is 18.6 Å². The van der Waals surface area contributed by atoms with Crippen LogP contribution in [0.4, 0.5) is 0 Å². The van der Waals surface area contributed by atoms with Crippen LogP contribution in [0.1, 0.15) is 101 Å². The summed E-state index contributed by atoms with van der Waals surface area (Å²) in [6.45, 7) is 20.6. The predicted molar refractivity (Wildman–Crippen MR) is 144 cm³/mol. The number of carbonyl (C=O) groups excluding carboxylic acids is 1. The van der Waals surface area contributed by atoms with Crippen LogP contribution in [-0.2, 0) is 18.8 Å². The lowest BCUT2D eigenvalue weighted by molar-refractivity contribution is -0.235. The molecule has 3 aliphatic carbocycles. The number of carbonyl (C=O) groups is 1. The topological polar surface area (TPSA) is 89.4 Å². The largest absolute Gasteiger partial charge is 0.476 e. The Labute approximate surface area is 219 Å². The van der Waals surface area contributed by atoms with E-state index in [2.05, 4.69) is 44.9 Å². The first-order valence-corrected chi connectivity index (χ1v) is 13.7. The molecular weight excluding hydrogens is 455 g/mol. The van der Waals surface area contributed by atoms with Gasteiger partial charge in [0.25, 0.3) is 0 Å². The number of rotatable bonds is 10. The third kappa shape index (κ3) is 6.08. The van der Waals surface area contributed by atoms with Crippen LogP contribution in [0, 0.1) is 23.2 Å². The summed E-state index contributed by atoms with van der Waals surface area (Å²) < 4.78 is 19.0. The lowest BCUT2D eigenvalue weighted by Gasteiger charge is -2.67. The molecule has 1 heterocycles. The molecule has 7 unspecified atom stereocenters. The number of nitrogens with one attached hydrogen (secondary N) is 1. The van der Waals surface area contributed by atoms with Gasteiger partial charge < -0.3 is 19.2 Å². The molecule has 1 aliphatic heterocycles. The first-order valence-electron chi connectivity index (χ1n) is 13.7. The smallest absolute Gasteiger partial charge is 0.460 e. The van der Waals surface area contributed by atoms with Gasteiger partial charge in [0.05, 0.1) is 11.2 Å². The fourth-order valence-electron chi connectivity index (χ4n) is 6.63. The van der Waals surface area contributed by atoms with Crippen molar-refractivity contribution in [3.05, 3.63) is 12.2 Å². The molecule has 0 amide bonds. The van der Waals surface area contributed by atoms with E-state index in [1.165, 1.54) is 6.42 Å². The van der Waals surface area contributed by atoms with E-state index in [1.54, 1.807) is 0 Å². The maximum Gasteiger partial charge on any atom is 0.476 e. The van der Waals surface area contributed by atoms with Crippen LogP contribution in [0.3, 0.4) is 0 Å². The Hall–Kier alpha value is -1.22. The van der Waals surface area contributed by atoms with Crippen molar-refractivity contribution in [1.29, 1.82) is 0 Å². The molecule has 0 aromatic carbocycles. The molecule has 8 heteroatoms. The summed E-state index contributed by atoms with van der Waals surface area (Å²) in [5, 5.41) is 14.0. The number of allylic oxidation sites excluding steroid dienone is 2. The first kappa shape index (κ1) is 29.3. The van der Waals surface area contributed by atoms with Gasteiger partial charge in [-0.2, -0.15) is 0 Å². The van der Waals surface area contributed by atoms with Crippen molar-refractivity contribution in [2.24, 2.45) is 28.2 Å². The number of hydrogen-bond acceptors (Lipinski definition) is 7. The van der Waals surface area contributed by atoms with Crippen molar-refractivity contribution in [1.82, 2.24) is 5.32 Å². The van der Waals surface area contributed by atoms with Crippen molar-refractivity contribution < 1.29 is 23.9 Å². The molecule has 204 valence electrons. The van der Waals surface area contributed by atoms with Gasteiger partial charge in [0.2, 0.25) is 6.35 Å². The molecule has 0 spiro atoms. The zero-order valence-corrected chi connectivity index (χ0v) is 24.2. The van der Waals surface area contributed by atoms with Crippen LogP contribution < -0.4 is 5.32 Å². The van der Waals surface area contributed by atoms with E-state index in [0.29, 0.717) is 24.7 Å². The van der Waals surface area contributed by atoms with Gasteiger partial charge in [-0.3, -0.25) is 10.1 Å². The van der Waals surface area contributed by atoms with Crippen LogP contribution in [0.15, 0.2) is 17.1 Å². The fourth-order valence-corrected chi connectivity index (χ4v) is 6.63. The van der Waals surface area contributed by atoms with Crippen LogP contribution in [-0.4, -0.2) is 53.0 Å². The van der Waals surface area contributed by atoms with Gasteiger partial charge >= 0.3 is 13.1 Å². The highest BCUT2D eigenvalue weighted by Gasteiger charge is 2.73. The Balaban J connectivity index is 1.73. The van der Waals surface area contributed by atoms with Crippen molar-refractivity contribution in [3.63, 3.8) is 0 Å². The van der Waals surface area contributed by atoms with Crippen LogP contribution in [0.2, 0.25) is 0 Å². The average molecular weight is 505 g/mol. The summed E-state index contributed by atoms with van der Waals surface area (Å²) in [6, 6.07) is 0. The number of hydrogen-bond donors (Lipinski definition) is 2. The van der Waals surface area contributed by atoms with Gasteiger partial charge in [0.1, 0.15) is 5.60 Å². The molecule has 4 fully saturated rings. The van der Waals surface area contributed by atoms with Crippen molar-refractivity contribution in [2.45, 2.75) is 130 Å². The maximum absolute atomic E-state index is 12.3. The van der Waals surface area contributed by atoms with Crippen molar-refractivity contribution in [2.75, 3.05) is 0 Å². The van der Waals surface area contributed by atoms with E-state index in [1.807, 2.05) is 46.8 Å². The van der Waals surface area contributed by atoms with Gasteiger partial charge in [-0.25, -0.2) is 4.99 Å². The number of esters is 1. The minimum absolute atomic E-state index is 0.121. The highest BCUT2D eigenvalue weighted by atomic mass is 16.7. The molecule has 0 aromatic rings. The van der Waals surface area contributed by atoms with E-state index >= 15 is 0 Å². The van der Waals surface area contributed by atoms with E-state index in [9.17, 15) is 9.90 Å². The van der Waals surface area contributed by atoms with Crippen molar-refractivity contribution >= 4 is 18.8 Å². The number of aliphatic hydroxyl groups is 1. The maximum atomic E-state index is 12.3. The molecule has 0 aromatic heterocycles. The fraction of sp³-hybridized carbons (Fsp3) is 0.857. The first-order chi connectivity index (χ1) is 16.5.